The number of fused-ring (bicyclic) bond motifs is 1. The summed E-state index contributed by atoms with van der Waals surface area (Å²) in [6.45, 7) is 2.51. The second-order valence-electron chi connectivity index (χ2n) is 6.39. The summed E-state index contributed by atoms with van der Waals surface area (Å²) in [6.07, 6.45) is 0. The van der Waals surface area contributed by atoms with Crippen LogP contribution in [0.2, 0.25) is 0 Å². The van der Waals surface area contributed by atoms with E-state index in [0.717, 1.165) is 14.7 Å². The summed E-state index contributed by atoms with van der Waals surface area (Å²) in [7, 11) is 3.87. The van der Waals surface area contributed by atoms with Gasteiger partial charge in [-0.25, -0.2) is 9.37 Å². The molecule has 6 nitrogen and oxygen atoms in total. The maximum atomic E-state index is 14.5. The summed E-state index contributed by atoms with van der Waals surface area (Å²) in [5.41, 5.74) is 0.974. The highest BCUT2D eigenvalue weighted by atomic mass is 32.1. The maximum Gasteiger partial charge on any atom is 0.265 e. The first-order valence-electron chi connectivity index (χ1n) is 8.52. The SMILES string of the molecule is CN(C)c1nc2sc(C(=O)Nc3ccc(N4CCOCC4)c(F)c3)cc2s1. The van der Waals surface area contributed by atoms with Gasteiger partial charge in [0.1, 0.15) is 10.6 Å². The fourth-order valence-corrected chi connectivity index (χ4v) is 4.89. The second kappa shape index (κ2) is 7.41. The molecule has 0 atom stereocenters. The molecule has 9 heteroatoms. The summed E-state index contributed by atoms with van der Waals surface area (Å²) >= 11 is 2.88. The van der Waals surface area contributed by atoms with Crippen molar-refractivity contribution in [2.45, 2.75) is 0 Å². The molecule has 3 heterocycles. The van der Waals surface area contributed by atoms with Gasteiger partial charge in [-0.05, 0) is 24.3 Å². The zero-order valence-electron chi connectivity index (χ0n) is 15.0. The second-order valence-corrected chi connectivity index (χ2v) is 8.43. The Morgan fingerprint density at radius 1 is 1.26 bits per heavy atom. The molecular weight excluding hydrogens is 387 g/mol. The number of amides is 1. The highest BCUT2D eigenvalue weighted by Gasteiger charge is 2.18. The lowest BCUT2D eigenvalue weighted by Crippen LogP contribution is -2.36. The molecule has 1 N–H and O–H groups in total. The van der Waals surface area contributed by atoms with Crippen molar-refractivity contribution in [3.63, 3.8) is 0 Å². The van der Waals surface area contributed by atoms with Gasteiger partial charge in [0, 0.05) is 32.9 Å². The molecule has 0 spiro atoms. The molecule has 1 saturated heterocycles. The van der Waals surface area contributed by atoms with Crippen LogP contribution in [0, 0.1) is 5.82 Å². The summed E-state index contributed by atoms with van der Waals surface area (Å²) < 4.78 is 20.8. The Balaban J connectivity index is 1.49. The van der Waals surface area contributed by atoms with Gasteiger partial charge in [-0.3, -0.25) is 4.79 Å². The van der Waals surface area contributed by atoms with Crippen molar-refractivity contribution in [3.8, 4) is 0 Å². The predicted octanol–water partition coefficient (Wildman–Crippen LogP) is 3.65. The van der Waals surface area contributed by atoms with Crippen molar-refractivity contribution in [3.05, 3.63) is 35.0 Å². The zero-order valence-corrected chi connectivity index (χ0v) is 16.6. The van der Waals surface area contributed by atoms with E-state index >= 15 is 0 Å². The maximum absolute atomic E-state index is 14.5. The number of carbonyl (C=O) groups excluding carboxylic acids is 1. The van der Waals surface area contributed by atoms with Crippen molar-refractivity contribution >= 4 is 54.6 Å². The topological polar surface area (TPSA) is 57.7 Å². The van der Waals surface area contributed by atoms with Crippen LogP contribution in [0.4, 0.5) is 20.9 Å². The van der Waals surface area contributed by atoms with Crippen LogP contribution >= 0.6 is 22.7 Å². The Labute approximate surface area is 164 Å². The fraction of sp³-hybridized carbons (Fsp3) is 0.333. The number of anilines is 3. The summed E-state index contributed by atoms with van der Waals surface area (Å²) in [5, 5.41) is 3.68. The number of benzene rings is 1. The molecule has 0 radical (unpaired) electrons. The Hall–Kier alpha value is -2.23. The van der Waals surface area contributed by atoms with Crippen molar-refractivity contribution in [1.82, 2.24) is 4.98 Å². The number of halogens is 1. The number of rotatable bonds is 4. The number of nitrogens with one attached hydrogen (secondary N) is 1. The Bertz CT molecular complexity index is 948. The molecule has 0 saturated carbocycles. The van der Waals surface area contributed by atoms with Crippen molar-refractivity contribution in [1.29, 1.82) is 0 Å². The fourth-order valence-electron chi connectivity index (χ4n) is 2.87. The van der Waals surface area contributed by atoms with Gasteiger partial charge >= 0.3 is 0 Å². The van der Waals surface area contributed by atoms with E-state index in [2.05, 4.69) is 10.3 Å². The van der Waals surface area contributed by atoms with Gasteiger partial charge in [-0.1, -0.05) is 11.3 Å². The first-order chi connectivity index (χ1) is 13.0. The van der Waals surface area contributed by atoms with Crippen LogP contribution in [0.1, 0.15) is 9.67 Å². The molecule has 27 heavy (non-hydrogen) atoms. The minimum atomic E-state index is -0.348. The third kappa shape index (κ3) is 3.76. The van der Waals surface area contributed by atoms with E-state index in [1.54, 1.807) is 12.1 Å². The van der Waals surface area contributed by atoms with Crippen LogP contribution in [0.3, 0.4) is 0 Å². The number of hydrogen-bond donors (Lipinski definition) is 1. The lowest BCUT2D eigenvalue weighted by Gasteiger charge is -2.29. The first kappa shape index (κ1) is 18.1. The highest BCUT2D eigenvalue weighted by Crippen LogP contribution is 2.34. The monoisotopic (exact) mass is 406 g/mol. The smallest absolute Gasteiger partial charge is 0.265 e. The molecule has 1 amide bonds. The molecule has 1 aromatic carbocycles. The normalized spacial score (nSPS) is 14.6. The highest BCUT2D eigenvalue weighted by molar-refractivity contribution is 7.29. The molecule has 1 fully saturated rings. The van der Waals surface area contributed by atoms with Crippen LogP contribution in [0.5, 0.6) is 0 Å². The number of aromatic nitrogens is 1. The van der Waals surface area contributed by atoms with Crippen LogP contribution in [-0.4, -0.2) is 51.3 Å². The lowest BCUT2D eigenvalue weighted by atomic mass is 10.2. The van der Waals surface area contributed by atoms with Gasteiger partial charge in [0.25, 0.3) is 5.91 Å². The van der Waals surface area contributed by atoms with E-state index in [-0.39, 0.29) is 11.7 Å². The number of thiophene rings is 1. The standard InChI is InChI=1S/C18H19FN4O2S2/c1-22(2)18-21-17-15(27-18)10-14(26-17)16(24)20-11-3-4-13(12(19)9-11)23-5-7-25-8-6-23/h3-4,9-10H,5-8H2,1-2H3,(H,20,24). The van der Waals surface area contributed by atoms with Crippen LogP contribution < -0.4 is 15.1 Å². The molecule has 3 aromatic rings. The Morgan fingerprint density at radius 2 is 2.04 bits per heavy atom. The van der Waals surface area contributed by atoms with Gasteiger partial charge in [0.15, 0.2) is 5.13 Å². The van der Waals surface area contributed by atoms with Crippen LogP contribution in [0.15, 0.2) is 24.3 Å². The molecule has 4 rings (SSSR count). The first-order valence-corrected chi connectivity index (χ1v) is 10.2. The van der Waals surface area contributed by atoms with Crippen molar-refractivity contribution < 1.29 is 13.9 Å². The average Bonchev–Trinajstić information content (AvgIpc) is 3.22. The van der Waals surface area contributed by atoms with E-state index in [1.807, 2.05) is 30.0 Å². The molecule has 1 aliphatic heterocycles. The third-order valence-electron chi connectivity index (χ3n) is 4.24. The van der Waals surface area contributed by atoms with Gasteiger partial charge in [-0.15, -0.1) is 11.3 Å². The van der Waals surface area contributed by atoms with Crippen LogP contribution in [0.25, 0.3) is 9.53 Å². The molecule has 1 aliphatic rings. The predicted molar refractivity (Wildman–Crippen MR) is 109 cm³/mol. The lowest BCUT2D eigenvalue weighted by molar-refractivity contribution is 0.103. The Morgan fingerprint density at radius 3 is 2.70 bits per heavy atom. The number of ether oxygens (including phenoxy) is 1. The summed E-state index contributed by atoms with van der Waals surface area (Å²) in [6, 6.07) is 6.62. The number of nitrogens with zero attached hydrogens (tertiary/aromatic N) is 3. The van der Waals surface area contributed by atoms with E-state index in [4.69, 9.17) is 4.74 Å². The quantitative estimate of drug-likeness (QED) is 0.717. The van der Waals surface area contributed by atoms with Crippen molar-refractivity contribution in [2.24, 2.45) is 0 Å². The average molecular weight is 407 g/mol. The van der Waals surface area contributed by atoms with E-state index in [1.165, 1.54) is 28.7 Å². The number of carbonyl (C=O) groups is 1. The number of thiazole rings is 1. The Kier molecular flexibility index (Phi) is 4.98. The van der Waals surface area contributed by atoms with Crippen LogP contribution in [-0.2, 0) is 4.74 Å². The zero-order chi connectivity index (χ0) is 19.0. The minimum absolute atomic E-state index is 0.255. The molecule has 0 aliphatic carbocycles. The minimum Gasteiger partial charge on any atom is -0.378 e. The largest absolute Gasteiger partial charge is 0.378 e. The van der Waals surface area contributed by atoms with Crippen molar-refractivity contribution in [2.75, 3.05) is 55.5 Å². The molecule has 2 aromatic heterocycles. The summed E-state index contributed by atoms with van der Waals surface area (Å²) in [5.74, 6) is -0.603. The van der Waals surface area contributed by atoms with E-state index < -0.39 is 0 Å². The van der Waals surface area contributed by atoms with Gasteiger partial charge in [-0.2, -0.15) is 0 Å². The summed E-state index contributed by atoms with van der Waals surface area (Å²) in [4.78, 5) is 22.3. The van der Waals surface area contributed by atoms with Gasteiger partial charge < -0.3 is 19.9 Å². The molecular formula is C18H19FN4O2S2. The van der Waals surface area contributed by atoms with Gasteiger partial charge in [0.05, 0.1) is 28.5 Å². The number of morpholine rings is 1. The molecule has 142 valence electrons. The number of hydrogen-bond acceptors (Lipinski definition) is 7. The van der Waals surface area contributed by atoms with E-state index in [0.29, 0.717) is 42.6 Å². The molecule has 0 bridgehead atoms. The third-order valence-corrected chi connectivity index (χ3v) is 6.57. The molecule has 0 unspecified atom stereocenters. The van der Waals surface area contributed by atoms with Gasteiger partial charge in [0.2, 0.25) is 0 Å². The van der Waals surface area contributed by atoms with E-state index in [9.17, 15) is 9.18 Å².